The van der Waals surface area contributed by atoms with Crippen LogP contribution in [0.2, 0.25) is 0 Å². The van der Waals surface area contributed by atoms with Crippen LogP contribution in [0.5, 0.6) is 11.5 Å². The highest BCUT2D eigenvalue weighted by atomic mass is 19.1. The van der Waals surface area contributed by atoms with Crippen molar-refractivity contribution in [1.82, 2.24) is 9.80 Å². The smallest absolute Gasteiger partial charge is 0.238 e. The first-order valence-corrected chi connectivity index (χ1v) is 9.92. The molecule has 8 heteroatoms. The summed E-state index contributed by atoms with van der Waals surface area (Å²) < 4.78 is 24.5. The van der Waals surface area contributed by atoms with Gasteiger partial charge in [0.05, 0.1) is 12.2 Å². The summed E-state index contributed by atoms with van der Waals surface area (Å²) in [5.74, 6) is 0.467. The second-order valence-corrected chi connectivity index (χ2v) is 7.50. The van der Waals surface area contributed by atoms with Gasteiger partial charge in [0.25, 0.3) is 0 Å². The molecule has 2 heterocycles. The molecule has 0 unspecified atom stereocenters. The molecule has 2 aliphatic rings. The van der Waals surface area contributed by atoms with Gasteiger partial charge in [0.1, 0.15) is 5.82 Å². The van der Waals surface area contributed by atoms with Gasteiger partial charge < -0.3 is 14.8 Å². The van der Waals surface area contributed by atoms with Gasteiger partial charge in [0, 0.05) is 49.9 Å². The molecule has 30 heavy (non-hydrogen) atoms. The summed E-state index contributed by atoms with van der Waals surface area (Å²) in [6.45, 7) is 5.26. The first-order chi connectivity index (χ1) is 14.5. The normalized spacial score (nSPS) is 16.5. The Bertz CT molecular complexity index is 957. The van der Waals surface area contributed by atoms with E-state index in [1.54, 1.807) is 24.3 Å². The number of nitrogens with zero attached hydrogens (tertiary/aromatic N) is 2. The average Bonchev–Trinajstić information content (AvgIpc) is 3.18. The Morgan fingerprint density at radius 3 is 2.40 bits per heavy atom. The molecule has 1 N–H and O–H groups in total. The second kappa shape index (κ2) is 8.81. The Morgan fingerprint density at radius 1 is 1.03 bits per heavy atom. The minimum Gasteiger partial charge on any atom is -0.454 e. The summed E-state index contributed by atoms with van der Waals surface area (Å²) in [4.78, 5) is 28.8. The van der Waals surface area contributed by atoms with E-state index < -0.39 is 0 Å². The van der Waals surface area contributed by atoms with Crippen LogP contribution >= 0.6 is 0 Å². The van der Waals surface area contributed by atoms with Crippen molar-refractivity contribution >= 4 is 17.4 Å². The molecular formula is C22H24FN3O4. The van der Waals surface area contributed by atoms with E-state index in [1.165, 1.54) is 13.0 Å². The molecule has 0 aromatic heterocycles. The summed E-state index contributed by atoms with van der Waals surface area (Å²) in [6, 6.07) is 10.0. The van der Waals surface area contributed by atoms with Crippen LogP contribution < -0.4 is 14.8 Å². The Morgan fingerprint density at radius 2 is 1.70 bits per heavy atom. The van der Waals surface area contributed by atoms with Gasteiger partial charge >= 0.3 is 0 Å². The first kappa shape index (κ1) is 20.3. The number of ether oxygens (including phenoxy) is 2. The summed E-state index contributed by atoms with van der Waals surface area (Å²) in [5.41, 5.74) is 1.50. The van der Waals surface area contributed by atoms with Crippen LogP contribution in [0.15, 0.2) is 36.4 Å². The number of halogens is 1. The van der Waals surface area contributed by atoms with Crippen LogP contribution in [0, 0.1) is 5.82 Å². The largest absolute Gasteiger partial charge is 0.454 e. The van der Waals surface area contributed by atoms with Crippen LogP contribution in [0.4, 0.5) is 10.1 Å². The minimum atomic E-state index is -0.195. The standard InChI is InChI=1S/C22H24FN3O4/c1-15(27)17-10-20-21(30-14-29-20)11-19(17)24-22(28)13-26-8-6-25(7-9-26)12-16-4-2-3-5-18(16)23/h2-5,10-11H,6-9,12-14H2,1H3,(H,24,28). The quantitative estimate of drug-likeness (QED) is 0.734. The van der Waals surface area contributed by atoms with Crippen LogP contribution in [0.3, 0.4) is 0 Å². The van der Waals surface area contributed by atoms with Crippen molar-refractivity contribution in [3.63, 3.8) is 0 Å². The monoisotopic (exact) mass is 413 g/mol. The van der Waals surface area contributed by atoms with Gasteiger partial charge in [-0.3, -0.25) is 19.4 Å². The lowest BCUT2D eigenvalue weighted by molar-refractivity contribution is -0.117. The number of ketones is 1. The van der Waals surface area contributed by atoms with Crippen molar-refractivity contribution < 1.29 is 23.5 Å². The molecule has 0 bridgehead atoms. The van der Waals surface area contributed by atoms with E-state index in [0.717, 1.165) is 13.1 Å². The van der Waals surface area contributed by atoms with Gasteiger partial charge in [-0.2, -0.15) is 0 Å². The molecule has 0 spiro atoms. The van der Waals surface area contributed by atoms with Crippen molar-refractivity contribution in [3.05, 3.63) is 53.3 Å². The van der Waals surface area contributed by atoms with Gasteiger partial charge in [-0.05, 0) is 19.1 Å². The van der Waals surface area contributed by atoms with E-state index in [1.807, 2.05) is 11.0 Å². The Kier molecular flexibility index (Phi) is 5.96. The predicted octanol–water partition coefficient (Wildman–Crippen LogP) is 2.51. The van der Waals surface area contributed by atoms with Crippen molar-refractivity contribution in [3.8, 4) is 11.5 Å². The van der Waals surface area contributed by atoms with Gasteiger partial charge in [-0.25, -0.2) is 4.39 Å². The zero-order chi connectivity index (χ0) is 21.1. The number of Topliss-reactive ketones (excluding diaryl/α,β-unsaturated/α-hetero) is 1. The number of fused-ring (bicyclic) bond motifs is 1. The number of rotatable bonds is 6. The van der Waals surface area contributed by atoms with E-state index >= 15 is 0 Å². The zero-order valence-electron chi connectivity index (χ0n) is 16.8. The molecule has 4 rings (SSSR count). The minimum absolute atomic E-state index is 0.0984. The molecule has 2 aliphatic heterocycles. The molecule has 2 aromatic carbocycles. The highest BCUT2D eigenvalue weighted by molar-refractivity contribution is 6.05. The highest BCUT2D eigenvalue weighted by Gasteiger charge is 2.23. The molecular weight excluding hydrogens is 389 g/mol. The zero-order valence-corrected chi connectivity index (χ0v) is 16.8. The molecule has 158 valence electrons. The predicted molar refractivity (Wildman–Crippen MR) is 109 cm³/mol. The number of piperazine rings is 1. The van der Waals surface area contributed by atoms with E-state index in [0.29, 0.717) is 47.9 Å². The molecule has 2 aromatic rings. The second-order valence-electron chi connectivity index (χ2n) is 7.50. The summed E-state index contributed by atoms with van der Waals surface area (Å²) in [6.07, 6.45) is 0. The third-order valence-corrected chi connectivity index (χ3v) is 5.35. The van der Waals surface area contributed by atoms with E-state index in [-0.39, 0.29) is 30.8 Å². The fraction of sp³-hybridized carbons (Fsp3) is 0.364. The Hall–Kier alpha value is -2.97. The van der Waals surface area contributed by atoms with Gasteiger partial charge in [-0.1, -0.05) is 18.2 Å². The molecule has 0 aliphatic carbocycles. The fourth-order valence-electron chi connectivity index (χ4n) is 3.70. The number of benzene rings is 2. The SMILES string of the molecule is CC(=O)c1cc2c(cc1NC(=O)CN1CCN(Cc3ccccc3F)CC1)OCO2. The third kappa shape index (κ3) is 4.60. The molecule has 7 nitrogen and oxygen atoms in total. The lowest BCUT2D eigenvalue weighted by Gasteiger charge is -2.34. The van der Waals surface area contributed by atoms with E-state index in [9.17, 15) is 14.0 Å². The van der Waals surface area contributed by atoms with Crippen molar-refractivity contribution in [1.29, 1.82) is 0 Å². The maximum Gasteiger partial charge on any atom is 0.238 e. The molecule has 1 fully saturated rings. The first-order valence-electron chi connectivity index (χ1n) is 9.92. The lowest BCUT2D eigenvalue weighted by Crippen LogP contribution is -2.48. The lowest BCUT2D eigenvalue weighted by atomic mass is 10.1. The number of hydrogen-bond donors (Lipinski definition) is 1. The summed E-state index contributed by atoms with van der Waals surface area (Å²) in [7, 11) is 0. The van der Waals surface area contributed by atoms with Crippen LogP contribution in [0.1, 0.15) is 22.8 Å². The Balaban J connectivity index is 1.31. The maximum absolute atomic E-state index is 13.8. The van der Waals surface area contributed by atoms with Crippen molar-refractivity contribution in [2.45, 2.75) is 13.5 Å². The Labute approximate surface area is 174 Å². The fourth-order valence-corrected chi connectivity index (χ4v) is 3.70. The highest BCUT2D eigenvalue weighted by Crippen LogP contribution is 2.37. The number of anilines is 1. The van der Waals surface area contributed by atoms with Crippen LogP contribution in [-0.2, 0) is 11.3 Å². The topological polar surface area (TPSA) is 71.1 Å². The number of hydrogen-bond acceptors (Lipinski definition) is 6. The van der Waals surface area contributed by atoms with E-state index in [2.05, 4.69) is 10.2 Å². The number of carbonyl (C=O) groups is 2. The third-order valence-electron chi connectivity index (χ3n) is 5.35. The van der Waals surface area contributed by atoms with E-state index in [4.69, 9.17) is 9.47 Å². The van der Waals surface area contributed by atoms with Gasteiger partial charge in [0.15, 0.2) is 17.3 Å². The van der Waals surface area contributed by atoms with Gasteiger partial charge in [-0.15, -0.1) is 0 Å². The van der Waals surface area contributed by atoms with Crippen LogP contribution in [-0.4, -0.2) is 61.0 Å². The molecule has 1 amide bonds. The van der Waals surface area contributed by atoms with Crippen molar-refractivity contribution in [2.75, 3.05) is 44.8 Å². The molecule has 0 saturated carbocycles. The summed E-state index contributed by atoms with van der Waals surface area (Å²) in [5, 5.41) is 2.83. The molecule has 0 radical (unpaired) electrons. The maximum atomic E-state index is 13.8. The average molecular weight is 413 g/mol. The number of carbonyl (C=O) groups excluding carboxylic acids is 2. The van der Waals surface area contributed by atoms with Gasteiger partial charge in [0.2, 0.25) is 12.7 Å². The molecule has 0 atom stereocenters. The van der Waals surface area contributed by atoms with Crippen molar-refractivity contribution in [2.24, 2.45) is 0 Å². The molecule has 1 saturated heterocycles. The summed E-state index contributed by atoms with van der Waals surface area (Å²) >= 11 is 0. The van der Waals surface area contributed by atoms with Crippen LogP contribution in [0.25, 0.3) is 0 Å². The number of amides is 1. The number of nitrogens with one attached hydrogen (secondary N) is 1.